The Hall–Kier alpha value is -2.43. The van der Waals surface area contributed by atoms with Crippen LogP contribution in [0.3, 0.4) is 0 Å². The number of aldehydes is 1. The molecule has 0 saturated carbocycles. The highest BCUT2D eigenvalue weighted by Crippen LogP contribution is 2.22. The summed E-state index contributed by atoms with van der Waals surface area (Å²) in [6.45, 7) is 5.66. The van der Waals surface area contributed by atoms with E-state index in [0.717, 1.165) is 0 Å². The SMILES string of the molecule is CC(C)(C)NC(=O)n1cccc1-c1ccc(F)c(C=O)c1. The standard InChI is InChI=1S/C16H17FN2O2/c1-16(2,3)18-15(21)19-8-4-5-14(19)11-6-7-13(17)12(9-11)10-20/h4-10H,1-3H3,(H,18,21). The van der Waals surface area contributed by atoms with Crippen molar-refractivity contribution >= 4 is 12.3 Å². The molecule has 0 radical (unpaired) electrons. The molecule has 1 aromatic carbocycles. The lowest BCUT2D eigenvalue weighted by atomic mass is 10.1. The second-order valence-electron chi connectivity index (χ2n) is 5.80. The molecule has 0 aliphatic rings. The minimum absolute atomic E-state index is 0.0310. The van der Waals surface area contributed by atoms with Gasteiger partial charge in [0.25, 0.3) is 0 Å². The molecular formula is C16H17FN2O2. The van der Waals surface area contributed by atoms with Gasteiger partial charge in [0.15, 0.2) is 6.29 Å². The lowest BCUT2D eigenvalue weighted by Crippen LogP contribution is -2.42. The predicted octanol–water partition coefficient (Wildman–Crippen LogP) is 3.46. The second-order valence-corrected chi connectivity index (χ2v) is 5.80. The molecule has 0 unspecified atom stereocenters. The molecule has 0 atom stereocenters. The van der Waals surface area contributed by atoms with Crippen LogP contribution in [-0.4, -0.2) is 22.4 Å². The maximum atomic E-state index is 13.4. The van der Waals surface area contributed by atoms with Gasteiger partial charge in [-0.25, -0.2) is 9.18 Å². The van der Waals surface area contributed by atoms with Gasteiger partial charge in [-0.2, -0.15) is 0 Å². The fourth-order valence-electron chi connectivity index (χ4n) is 1.97. The Morgan fingerprint density at radius 3 is 2.62 bits per heavy atom. The molecule has 1 heterocycles. The average Bonchev–Trinajstić information content (AvgIpc) is 2.86. The molecular weight excluding hydrogens is 271 g/mol. The van der Waals surface area contributed by atoms with Crippen molar-refractivity contribution in [1.82, 2.24) is 9.88 Å². The number of hydrogen-bond acceptors (Lipinski definition) is 2. The lowest BCUT2D eigenvalue weighted by molar-refractivity contribution is 0.112. The van der Waals surface area contributed by atoms with Crippen molar-refractivity contribution < 1.29 is 14.0 Å². The second kappa shape index (κ2) is 5.52. The summed E-state index contributed by atoms with van der Waals surface area (Å²) in [6, 6.07) is 7.38. The normalized spacial score (nSPS) is 11.2. The smallest absolute Gasteiger partial charge is 0.326 e. The maximum Gasteiger partial charge on any atom is 0.326 e. The van der Waals surface area contributed by atoms with Gasteiger partial charge in [0.2, 0.25) is 0 Å². The van der Waals surface area contributed by atoms with E-state index >= 15 is 0 Å². The summed E-state index contributed by atoms with van der Waals surface area (Å²) in [7, 11) is 0. The average molecular weight is 288 g/mol. The Balaban J connectivity index is 2.41. The number of halogens is 1. The van der Waals surface area contributed by atoms with Crippen LogP contribution in [0.25, 0.3) is 11.3 Å². The summed E-state index contributed by atoms with van der Waals surface area (Å²) in [4.78, 5) is 23.1. The zero-order valence-electron chi connectivity index (χ0n) is 12.2. The van der Waals surface area contributed by atoms with Crippen LogP contribution in [0.5, 0.6) is 0 Å². The Bertz CT molecular complexity index is 684. The highest BCUT2D eigenvalue weighted by Gasteiger charge is 2.17. The van der Waals surface area contributed by atoms with Crippen LogP contribution >= 0.6 is 0 Å². The minimum Gasteiger partial charge on any atom is -0.333 e. The molecule has 0 saturated heterocycles. The van der Waals surface area contributed by atoms with Crippen molar-refractivity contribution in [2.24, 2.45) is 0 Å². The van der Waals surface area contributed by atoms with Gasteiger partial charge in [-0.15, -0.1) is 0 Å². The Morgan fingerprint density at radius 2 is 2.00 bits per heavy atom. The number of aromatic nitrogens is 1. The molecule has 21 heavy (non-hydrogen) atoms. The minimum atomic E-state index is -0.578. The van der Waals surface area contributed by atoms with Gasteiger partial charge in [-0.3, -0.25) is 9.36 Å². The van der Waals surface area contributed by atoms with Crippen LogP contribution in [0.2, 0.25) is 0 Å². The first-order chi connectivity index (χ1) is 9.81. The number of nitrogens with one attached hydrogen (secondary N) is 1. The largest absolute Gasteiger partial charge is 0.333 e. The van der Waals surface area contributed by atoms with E-state index in [9.17, 15) is 14.0 Å². The molecule has 4 nitrogen and oxygen atoms in total. The van der Waals surface area contributed by atoms with E-state index in [1.807, 2.05) is 20.8 Å². The monoisotopic (exact) mass is 288 g/mol. The highest BCUT2D eigenvalue weighted by atomic mass is 19.1. The summed E-state index contributed by atoms with van der Waals surface area (Å²) in [6.07, 6.45) is 2.09. The van der Waals surface area contributed by atoms with E-state index in [1.54, 1.807) is 24.4 Å². The zero-order chi connectivity index (χ0) is 15.6. The third kappa shape index (κ3) is 3.37. The van der Waals surface area contributed by atoms with Crippen molar-refractivity contribution in [1.29, 1.82) is 0 Å². The summed E-state index contributed by atoms with van der Waals surface area (Å²) in [5, 5.41) is 2.85. The molecule has 5 heteroatoms. The predicted molar refractivity (Wildman–Crippen MR) is 78.9 cm³/mol. The van der Waals surface area contributed by atoms with Crippen molar-refractivity contribution in [3.8, 4) is 11.3 Å². The quantitative estimate of drug-likeness (QED) is 0.860. The fourth-order valence-corrected chi connectivity index (χ4v) is 1.97. The molecule has 0 bridgehead atoms. The Labute approximate surface area is 122 Å². The molecule has 1 N–H and O–H groups in total. The number of nitrogens with zero attached hydrogens (tertiary/aromatic N) is 1. The van der Waals surface area contributed by atoms with Gasteiger partial charge >= 0.3 is 6.03 Å². The molecule has 2 aromatic rings. The van der Waals surface area contributed by atoms with Crippen LogP contribution in [0, 0.1) is 5.82 Å². The van der Waals surface area contributed by atoms with Gasteiger partial charge in [0, 0.05) is 11.7 Å². The highest BCUT2D eigenvalue weighted by molar-refractivity contribution is 5.85. The molecule has 110 valence electrons. The summed E-state index contributed by atoms with van der Waals surface area (Å²) in [5.74, 6) is -0.578. The topological polar surface area (TPSA) is 51.1 Å². The number of carbonyl (C=O) groups is 2. The molecule has 1 aromatic heterocycles. The molecule has 0 spiro atoms. The number of hydrogen-bond donors (Lipinski definition) is 1. The molecule has 0 aliphatic carbocycles. The van der Waals surface area contributed by atoms with Gasteiger partial charge in [-0.1, -0.05) is 0 Å². The van der Waals surface area contributed by atoms with Crippen LogP contribution in [0.1, 0.15) is 31.1 Å². The molecule has 1 amide bonds. The number of amides is 1. The number of benzene rings is 1. The molecule has 0 aliphatic heterocycles. The summed E-state index contributed by atoms with van der Waals surface area (Å²) in [5.41, 5.74) is 0.805. The summed E-state index contributed by atoms with van der Waals surface area (Å²) >= 11 is 0. The Morgan fingerprint density at radius 1 is 1.29 bits per heavy atom. The first kappa shape index (κ1) is 15.0. The van der Waals surface area contributed by atoms with Crippen molar-refractivity contribution in [2.45, 2.75) is 26.3 Å². The zero-order valence-corrected chi connectivity index (χ0v) is 12.2. The fraction of sp³-hybridized carbons (Fsp3) is 0.250. The van der Waals surface area contributed by atoms with E-state index in [0.29, 0.717) is 17.5 Å². The number of carbonyl (C=O) groups excluding carboxylic acids is 2. The lowest BCUT2D eigenvalue weighted by Gasteiger charge is -2.21. The van der Waals surface area contributed by atoms with E-state index < -0.39 is 5.82 Å². The van der Waals surface area contributed by atoms with Crippen LogP contribution in [0.15, 0.2) is 36.5 Å². The third-order valence-corrected chi connectivity index (χ3v) is 2.87. The van der Waals surface area contributed by atoms with Crippen molar-refractivity contribution in [3.05, 3.63) is 47.9 Å². The van der Waals surface area contributed by atoms with Crippen LogP contribution in [-0.2, 0) is 0 Å². The van der Waals surface area contributed by atoms with Crippen molar-refractivity contribution in [2.75, 3.05) is 0 Å². The molecule has 0 fully saturated rings. The summed E-state index contributed by atoms with van der Waals surface area (Å²) < 4.78 is 14.8. The maximum absolute atomic E-state index is 13.4. The van der Waals surface area contributed by atoms with E-state index in [4.69, 9.17) is 0 Å². The van der Waals surface area contributed by atoms with E-state index in [-0.39, 0.29) is 17.1 Å². The van der Waals surface area contributed by atoms with Crippen LogP contribution < -0.4 is 5.32 Å². The van der Waals surface area contributed by atoms with Crippen molar-refractivity contribution in [3.63, 3.8) is 0 Å². The third-order valence-electron chi connectivity index (χ3n) is 2.87. The number of rotatable bonds is 2. The van der Waals surface area contributed by atoms with E-state index in [2.05, 4.69) is 5.32 Å². The van der Waals surface area contributed by atoms with E-state index in [1.165, 1.54) is 16.7 Å². The van der Waals surface area contributed by atoms with Gasteiger partial charge < -0.3 is 5.32 Å². The van der Waals surface area contributed by atoms with Crippen LogP contribution in [0.4, 0.5) is 9.18 Å². The molecule has 2 rings (SSSR count). The van der Waals surface area contributed by atoms with Gasteiger partial charge in [0.1, 0.15) is 5.82 Å². The van der Waals surface area contributed by atoms with Gasteiger partial charge in [0.05, 0.1) is 11.3 Å². The first-order valence-corrected chi connectivity index (χ1v) is 6.57. The Kier molecular flexibility index (Phi) is 3.93. The first-order valence-electron chi connectivity index (χ1n) is 6.57. The van der Waals surface area contributed by atoms with Gasteiger partial charge in [-0.05, 0) is 56.7 Å².